The minimum atomic E-state index is -3.88. The zero-order valence-corrected chi connectivity index (χ0v) is 34.3. The van der Waals surface area contributed by atoms with Crippen molar-refractivity contribution < 1.29 is 26.3 Å². The van der Waals surface area contributed by atoms with Crippen LogP contribution < -0.4 is 14.6 Å². The number of ether oxygens (including phenoxy) is 2. The Morgan fingerprint density at radius 3 is 1.37 bits per heavy atom. The quantitative estimate of drug-likeness (QED) is 0.145. The lowest BCUT2D eigenvalue weighted by Gasteiger charge is -2.23. The van der Waals surface area contributed by atoms with Gasteiger partial charge in [-0.15, -0.1) is 0 Å². The van der Waals surface area contributed by atoms with E-state index in [0.29, 0.717) is 6.04 Å². The van der Waals surface area contributed by atoms with Gasteiger partial charge in [-0.1, -0.05) is 38.1 Å². The lowest BCUT2D eigenvalue weighted by molar-refractivity contribution is 0.275. The number of nitrogens with two attached hydrogens (primary N) is 1. The summed E-state index contributed by atoms with van der Waals surface area (Å²) in [4.78, 5) is 4.20. The van der Waals surface area contributed by atoms with Crippen molar-refractivity contribution in [1.82, 2.24) is 33.7 Å². The number of sulfonamides is 2. The number of benzene rings is 2. The van der Waals surface area contributed by atoms with Gasteiger partial charge in [-0.3, -0.25) is 9.36 Å². The smallest absolute Gasteiger partial charge is 0.263 e. The van der Waals surface area contributed by atoms with Crippen LogP contribution >= 0.6 is 0 Å². The highest BCUT2D eigenvalue weighted by Gasteiger charge is 2.35. The third-order valence-electron chi connectivity index (χ3n) is 9.90. The first-order chi connectivity index (χ1) is 25.6. The van der Waals surface area contributed by atoms with E-state index in [0.717, 1.165) is 72.5 Å². The summed E-state index contributed by atoms with van der Waals surface area (Å²) >= 11 is 0. The molecule has 2 aromatic heterocycles. The van der Waals surface area contributed by atoms with E-state index in [-0.39, 0.29) is 41.3 Å². The van der Waals surface area contributed by atoms with Gasteiger partial charge in [0.1, 0.15) is 11.5 Å². The van der Waals surface area contributed by atoms with Crippen LogP contribution in [0.1, 0.15) is 99.1 Å². The van der Waals surface area contributed by atoms with Crippen molar-refractivity contribution in [1.29, 1.82) is 0 Å². The number of hydrogen-bond donors (Lipinski definition) is 1. The Morgan fingerprint density at radius 1 is 0.685 bits per heavy atom. The molecule has 0 aliphatic heterocycles. The van der Waals surface area contributed by atoms with Crippen molar-refractivity contribution in [3.63, 3.8) is 0 Å². The molecular formula is C38H56N8O6S2. The third kappa shape index (κ3) is 9.89. The summed E-state index contributed by atoms with van der Waals surface area (Å²) in [6, 6.07) is 19.2. The van der Waals surface area contributed by atoms with Gasteiger partial charge in [0.05, 0.1) is 49.8 Å². The molecule has 2 aliphatic rings. The first-order valence-electron chi connectivity index (χ1n) is 18.4. The average molecular weight is 785 g/mol. The van der Waals surface area contributed by atoms with E-state index < -0.39 is 20.0 Å². The van der Waals surface area contributed by atoms with E-state index in [9.17, 15) is 16.8 Å². The molecule has 0 radical (unpaired) electrons. The van der Waals surface area contributed by atoms with Gasteiger partial charge in [-0.2, -0.15) is 14.5 Å². The molecule has 6 rings (SSSR count). The Bertz CT molecular complexity index is 2010. The monoisotopic (exact) mass is 784 g/mol. The highest BCUT2D eigenvalue weighted by Crippen LogP contribution is 2.40. The summed E-state index contributed by atoms with van der Waals surface area (Å²) < 4.78 is 66.8. The minimum absolute atomic E-state index is 0.0234. The Balaban J connectivity index is 0.000000260. The van der Waals surface area contributed by atoms with Gasteiger partial charge in [0.2, 0.25) is 0 Å². The van der Waals surface area contributed by atoms with Crippen LogP contribution in [0.4, 0.5) is 0 Å². The molecule has 2 fully saturated rings. The Labute approximate surface area is 320 Å². The molecule has 16 heteroatoms. The van der Waals surface area contributed by atoms with E-state index >= 15 is 0 Å². The van der Waals surface area contributed by atoms with Crippen molar-refractivity contribution in [2.24, 2.45) is 5.14 Å². The third-order valence-corrected chi connectivity index (χ3v) is 12.4. The second-order valence-electron chi connectivity index (χ2n) is 14.5. The maximum absolute atomic E-state index is 14.1. The van der Waals surface area contributed by atoms with Crippen LogP contribution in [0.3, 0.4) is 0 Å². The van der Waals surface area contributed by atoms with Gasteiger partial charge in [0, 0.05) is 25.2 Å². The summed E-state index contributed by atoms with van der Waals surface area (Å²) in [6.07, 6.45) is 5.94. The number of aromatic nitrogens is 4. The summed E-state index contributed by atoms with van der Waals surface area (Å²) in [5.41, 5.74) is 3.63. The molecule has 0 amide bonds. The van der Waals surface area contributed by atoms with Crippen LogP contribution in [0.15, 0.2) is 70.7 Å². The largest absolute Gasteiger partial charge is 0.497 e. The number of primary sulfonamides is 1. The predicted molar refractivity (Wildman–Crippen MR) is 208 cm³/mol. The standard InChI is InChI=1S/C27H36N4O4S.C11H20N4O2S/c1-6-25(29(2)3)26-17-27(28-31(26)22-11-12-22)36(32,33)30(18-20-7-13-23(34-4)14-8-20)19-21-9-15-24(35-5)16-10-21;1-4-9(14(2)3)10-7-11(18(12,16)17)13-15(10)8-5-6-8/h7-10,13-17,22,25H,6,11-12,18-19H2,1-5H3;7-9H,4-6H2,1-3H3,(H2,12,16,17). The van der Waals surface area contributed by atoms with Crippen LogP contribution in [-0.2, 0) is 33.1 Å². The molecule has 0 bridgehead atoms. The number of methoxy groups -OCH3 is 2. The normalized spacial score (nSPS) is 16.0. The number of hydrogen-bond acceptors (Lipinski definition) is 10. The van der Waals surface area contributed by atoms with Crippen LogP contribution in [0.5, 0.6) is 11.5 Å². The Morgan fingerprint density at radius 2 is 1.06 bits per heavy atom. The molecule has 2 unspecified atom stereocenters. The maximum atomic E-state index is 14.1. The van der Waals surface area contributed by atoms with E-state index in [1.54, 1.807) is 26.4 Å². The summed E-state index contributed by atoms with van der Waals surface area (Å²) in [5.74, 6) is 1.45. The molecule has 2 heterocycles. The van der Waals surface area contributed by atoms with E-state index in [2.05, 4.69) is 33.8 Å². The lowest BCUT2D eigenvalue weighted by Crippen LogP contribution is -2.30. The van der Waals surface area contributed by atoms with Gasteiger partial charge < -0.3 is 19.3 Å². The van der Waals surface area contributed by atoms with Gasteiger partial charge in [0.25, 0.3) is 20.0 Å². The van der Waals surface area contributed by atoms with Crippen molar-refractivity contribution >= 4 is 20.0 Å². The Hall–Kier alpha value is -3.80. The van der Waals surface area contributed by atoms with E-state index in [1.807, 2.05) is 86.1 Å². The first kappa shape index (κ1) is 41.4. The highest BCUT2D eigenvalue weighted by atomic mass is 32.2. The SMILES string of the molecule is CCC(c1cc(S(=O)(=O)N(Cc2ccc(OC)cc2)Cc2ccc(OC)cc2)nn1C1CC1)N(C)C.CCC(c1cc(S(N)(=O)=O)nn1C1CC1)N(C)C. The summed E-state index contributed by atoms with van der Waals surface area (Å²) in [5, 5.41) is 14.1. The van der Waals surface area contributed by atoms with Crippen LogP contribution in [0.2, 0.25) is 0 Å². The maximum Gasteiger partial charge on any atom is 0.263 e. The van der Waals surface area contributed by atoms with Gasteiger partial charge in [-0.05, 0) is 102 Å². The van der Waals surface area contributed by atoms with E-state index in [1.165, 1.54) is 4.31 Å². The highest BCUT2D eigenvalue weighted by molar-refractivity contribution is 7.89. The minimum Gasteiger partial charge on any atom is -0.497 e. The topological polar surface area (TPSA) is 158 Å². The van der Waals surface area contributed by atoms with Crippen LogP contribution in [0.25, 0.3) is 0 Å². The molecule has 0 spiro atoms. The average Bonchev–Trinajstić information content (AvgIpc) is 4.08. The first-order valence-corrected chi connectivity index (χ1v) is 21.4. The Kier molecular flexibility index (Phi) is 13.3. The summed E-state index contributed by atoms with van der Waals surface area (Å²) in [6.45, 7) is 4.62. The summed E-state index contributed by atoms with van der Waals surface area (Å²) in [7, 11) is 3.61. The van der Waals surface area contributed by atoms with E-state index in [4.69, 9.17) is 14.6 Å². The van der Waals surface area contributed by atoms with Crippen molar-refractivity contribution in [2.75, 3.05) is 42.4 Å². The molecule has 14 nitrogen and oxygen atoms in total. The fraction of sp³-hybridized carbons (Fsp3) is 0.526. The molecule has 4 aromatic rings. The molecule has 0 saturated heterocycles. The van der Waals surface area contributed by atoms with Gasteiger partial charge >= 0.3 is 0 Å². The lowest BCUT2D eigenvalue weighted by atomic mass is 10.1. The molecule has 296 valence electrons. The molecule has 54 heavy (non-hydrogen) atoms. The molecular weight excluding hydrogens is 729 g/mol. The number of rotatable bonds is 17. The van der Waals surface area contributed by atoms with Crippen molar-refractivity contribution in [3.05, 3.63) is 83.2 Å². The number of nitrogens with zero attached hydrogens (tertiary/aromatic N) is 7. The van der Waals surface area contributed by atoms with Crippen molar-refractivity contribution in [3.8, 4) is 11.5 Å². The van der Waals surface area contributed by atoms with Gasteiger partial charge in [0.15, 0.2) is 10.1 Å². The fourth-order valence-corrected chi connectivity index (χ4v) is 8.51. The van der Waals surface area contributed by atoms with Gasteiger partial charge in [-0.25, -0.2) is 22.0 Å². The second kappa shape index (κ2) is 17.3. The van der Waals surface area contributed by atoms with Crippen LogP contribution in [0, 0.1) is 0 Å². The van der Waals surface area contributed by atoms with Crippen LogP contribution in [-0.4, -0.2) is 92.9 Å². The molecule has 2 atom stereocenters. The molecule has 2 saturated carbocycles. The fourth-order valence-electron chi connectivity index (χ4n) is 6.66. The van der Waals surface area contributed by atoms with Crippen molar-refractivity contribution in [2.45, 2.75) is 99.7 Å². The molecule has 2 N–H and O–H groups in total. The molecule has 2 aromatic carbocycles. The zero-order chi connectivity index (χ0) is 39.4. The zero-order valence-electron chi connectivity index (χ0n) is 32.7. The second-order valence-corrected chi connectivity index (χ2v) is 17.8. The molecule has 2 aliphatic carbocycles. The predicted octanol–water partition coefficient (Wildman–Crippen LogP) is 5.52.